The zero-order valence-electron chi connectivity index (χ0n) is 9.97. The standard InChI is InChI=1S/C12H11F4NO2/c1-2-19-11(18)10-5-7-8(13)3-6(12(14,15)16)4-9(7)17-10/h3-4,10,17H,2,5H2,1H3/t10-/m0/s1. The van der Waals surface area contributed by atoms with Gasteiger partial charge in [0.2, 0.25) is 0 Å². The topological polar surface area (TPSA) is 38.3 Å². The normalized spacial score (nSPS) is 17.8. The molecule has 2 rings (SSSR count). The van der Waals surface area contributed by atoms with E-state index in [2.05, 4.69) is 5.32 Å². The number of ether oxygens (including phenoxy) is 1. The number of hydrogen-bond acceptors (Lipinski definition) is 3. The number of anilines is 1. The Balaban J connectivity index is 2.28. The first kappa shape index (κ1) is 13.6. The summed E-state index contributed by atoms with van der Waals surface area (Å²) in [6, 6.07) is 0.402. The molecule has 0 saturated carbocycles. The number of halogens is 4. The number of carbonyl (C=O) groups is 1. The molecular formula is C12H11F4NO2. The fourth-order valence-electron chi connectivity index (χ4n) is 1.96. The van der Waals surface area contributed by atoms with Gasteiger partial charge in [-0.05, 0) is 19.1 Å². The third kappa shape index (κ3) is 2.64. The number of benzene rings is 1. The van der Waals surface area contributed by atoms with Gasteiger partial charge in [-0.3, -0.25) is 0 Å². The molecule has 1 N–H and O–H groups in total. The van der Waals surface area contributed by atoms with Gasteiger partial charge in [-0.25, -0.2) is 9.18 Å². The summed E-state index contributed by atoms with van der Waals surface area (Å²) >= 11 is 0. The second kappa shape index (κ2) is 4.71. The average Bonchev–Trinajstić information content (AvgIpc) is 2.72. The quantitative estimate of drug-likeness (QED) is 0.667. The molecule has 3 nitrogen and oxygen atoms in total. The summed E-state index contributed by atoms with van der Waals surface area (Å²) in [4.78, 5) is 11.5. The van der Waals surface area contributed by atoms with Gasteiger partial charge in [0, 0.05) is 17.7 Å². The lowest BCUT2D eigenvalue weighted by molar-refractivity contribution is -0.143. The zero-order chi connectivity index (χ0) is 14.2. The van der Waals surface area contributed by atoms with Crippen molar-refractivity contribution in [2.45, 2.75) is 25.6 Å². The van der Waals surface area contributed by atoms with Gasteiger partial charge >= 0.3 is 12.1 Å². The van der Waals surface area contributed by atoms with Crippen LogP contribution in [0.3, 0.4) is 0 Å². The van der Waals surface area contributed by atoms with Crippen LogP contribution in [0.4, 0.5) is 23.2 Å². The van der Waals surface area contributed by atoms with Crippen molar-refractivity contribution in [3.8, 4) is 0 Å². The molecule has 1 aromatic rings. The van der Waals surface area contributed by atoms with E-state index in [0.717, 1.165) is 6.07 Å². The predicted octanol–water partition coefficient (Wildman–Crippen LogP) is 2.74. The van der Waals surface area contributed by atoms with E-state index >= 15 is 0 Å². The second-order valence-electron chi connectivity index (χ2n) is 4.14. The van der Waals surface area contributed by atoms with Crippen LogP contribution in [0.5, 0.6) is 0 Å². The first-order valence-electron chi connectivity index (χ1n) is 5.65. The van der Waals surface area contributed by atoms with E-state index in [0.29, 0.717) is 6.07 Å². The Morgan fingerprint density at radius 2 is 2.16 bits per heavy atom. The largest absolute Gasteiger partial charge is 0.464 e. The summed E-state index contributed by atoms with van der Waals surface area (Å²) in [6.07, 6.45) is -4.64. The van der Waals surface area contributed by atoms with Crippen molar-refractivity contribution >= 4 is 11.7 Å². The van der Waals surface area contributed by atoms with Gasteiger partial charge in [-0.2, -0.15) is 13.2 Å². The summed E-state index contributed by atoms with van der Waals surface area (Å²) in [6.45, 7) is 1.77. The Kier molecular flexibility index (Phi) is 3.38. The molecule has 0 fully saturated rings. The number of rotatable bonds is 2. The van der Waals surface area contributed by atoms with Crippen LogP contribution in [0.2, 0.25) is 0 Å². The van der Waals surface area contributed by atoms with Crippen LogP contribution >= 0.6 is 0 Å². The maximum absolute atomic E-state index is 13.6. The van der Waals surface area contributed by atoms with Crippen molar-refractivity contribution in [2.24, 2.45) is 0 Å². The molecular weight excluding hydrogens is 266 g/mol. The number of fused-ring (bicyclic) bond motifs is 1. The molecule has 104 valence electrons. The average molecular weight is 277 g/mol. The Morgan fingerprint density at radius 1 is 1.47 bits per heavy atom. The molecule has 0 radical (unpaired) electrons. The van der Waals surface area contributed by atoms with Crippen LogP contribution in [-0.4, -0.2) is 18.6 Å². The van der Waals surface area contributed by atoms with E-state index in [4.69, 9.17) is 4.74 Å². The Labute approximate surface area is 106 Å². The van der Waals surface area contributed by atoms with Gasteiger partial charge in [-0.1, -0.05) is 0 Å². The van der Waals surface area contributed by atoms with E-state index in [9.17, 15) is 22.4 Å². The van der Waals surface area contributed by atoms with Crippen LogP contribution in [0, 0.1) is 5.82 Å². The molecule has 1 aliphatic rings. The van der Waals surface area contributed by atoms with Crippen LogP contribution in [-0.2, 0) is 22.1 Å². The number of esters is 1. The first-order chi connectivity index (χ1) is 8.82. The van der Waals surface area contributed by atoms with Gasteiger partial charge in [-0.15, -0.1) is 0 Å². The lowest BCUT2D eigenvalue weighted by atomic mass is 10.1. The smallest absolute Gasteiger partial charge is 0.416 e. The van der Waals surface area contributed by atoms with Gasteiger partial charge in [0.25, 0.3) is 0 Å². The molecule has 0 bridgehead atoms. The molecule has 1 heterocycles. The van der Waals surface area contributed by atoms with E-state index in [1.165, 1.54) is 0 Å². The molecule has 0 aliphatic carbocycles. The molecule has 19 heavy (non-hydrogen) atoms. The van der Waals surface area contributed by atoms with Gasteiger partial charge in [0.05, 0.1) is 12.2 Å². The molecule has 1 aliphatic heterocycles. The molecule has 0 aromatic heterocycles. The highest BCUT2D eigenvalue weighted by molar-refractivity contribution is 5.83. The van der Waals surface area contributed by atoms with Crippen molar-refractivity contribution < 1.29 is 27.1 Å². The predicted molar refractivity (Wildman–Crippen MR) is 59.1 cm³/mol. The third-order valence-electron chi connectivity index (χ3n) is 2.83. The fourth-order valence-corrected chi connectivity index (χ4v) is 1.96. The maximum atomic E-state index is 13.6. The van der Waals surface area contributed by atoms with E-state index in [-0.39, 0.29) is 24.3 Å². The Hall–Kier alpha value is -1.79. The molecule has 7 heteroatoms. The van der Waals surface area contributed by atoms with Crippen LogP contribution in [0.1, 0.15) is 18.1 Å². The highest BCUT2D eigenvalue weighted by Crippen LogP contribution is 2.36. The molecule has 1 aromatic carbocycles. The SMILES string of the molecule is CCOC(=O)[C@@H]1Cc2c(F)cc(C(F)(F)F)cc2N1. The number of alkyl halides is 3. The van der Waals surface area contributed by atoms with Gasteiger partial charge in [0.1, 0.15) is 11.9 Å². The summed E-state index contributed by atoms with van der Waals surface area (Å²) in [5, 5.41) is 2.56. The second-order valence-corrected chi connectivity index (χ2v) is 4.14. The van der Waals surface area contributed by atoms with Crippen molar-refractivity contribution in [3.63, 3.8) is 0 Å². The number of nitrogens with one attached hydrogen (secondary N) is 1. The third-order valence-corrected chi connectivity index (χ3v) is 2.83. The minimum Gasteiger partial charge on any atom is -0.464 e. The lowest BCUT2D eigenvalue weighted by Gasteiger charge is -2.10. The fraction of sp³-hybridized carbons (Fsp3) is 0.417. The van der Waals surface area contributed by atoms with Crippen molar-refractivity contribution in [3.05, 3.63) is 29.1 Å². The molecule has 0 saturated heterocycles. The molecule has 0 unspecified atom stereocenters. The first-order valence-corrected chi connectivity index (χ1v) is 5.65. The van der Waals surface area contributed by atoms with E-state index in [1.54, 1.807) is 6.92 Å². The molecule has 0 spiro atoms. The van der Waals surface area contributed by atoms with Crippen LogP contribution in [0.25, 0.3) is 0 Å². The van der Waals surface area contributed by atoms with Crippen LogP contribution < -0.4 is 5.32 Å². The summed E-state index contributed by atoms with van der Waals surface area (Å²) in [5.41, 5.74) is -1.02. The minimum absolute atomic E-state index is 0.00891. The molecule has 0 amide bonds. The van der Waals surface area contributed by atoms with Crippen molar-refractivity contribution in [1.29, 1.82) is 0 Å². The van der Waals surface area contributed by atoms with Crippen LogP contribution in [0.15, 0.2) is 12.1 Å². The van der Waals surface area contributed by atoms with E-state index < -0.39 is 29.6 Å². The summed E-state index contributed by atoms with van der Waals surface area (Å²) < 4.78 is 55.9. The Bertz CT molecular complexity index is 513. The van der Waals surface area contributed by atoms with Crippen molar-refractivity contribution in [2.75, 3.05) is 11.9 Å². The molecule has 1 atom stereocenters. The highest BCUT2D eigenvalue weighted by Gasteiger charge is 2.36. The Morgan fingerprint density at radius 3 is 2.74 bits per heavy atom. The number of carbonyl (C=O) groups excluding carboxylic acids is 1. The van der Waals surface area contributed by atoms with Gasteiger partial charge < -0.3 is 10.1 Å². The summed E-state index contributed by atoms with van der Waals surface area (Å²) in [5.74, 6) is -1.57. The van der Waals surface area contributed by atoms with E-state index in [1.807, 2.05) is 0 Å². The minimum atomic E-state index is -4.63. The zero-order valence-corrected chi connectivity index (χ0v) is 9.97. The lowest BCUT2D eigenvalue weighted by Crippen LogP contribution is -2.29. The maximum Gasteiger partial charge on any atom is 0.416 e. The van der Waals surface area contributed by atoms with Gasteiger partial charge in [0.15, 0.2) is 0 Å². The number of hydrogen-bond donors (Lipinski definition) is 1. The monoisotopic (exact) mass is 277 g/mol. The van der Waals surface area contributed by atoms with Crippen molar-refractivity contribution in [1.82, 2.24) is 0 Å². The summed E-state index contributed by atoms with van der Waals surface area (Å²) in [7, 11) is 0. The highest BCUT2D eigenvalue weighted by atomic mass is 19.4.